The maximum Gasteiger partial charge on any atom is 0.416 e. The van der Waals surface area contributed by atoms with E-state index in [9.17, 15) is 26.4 Å². The van der Waals surface area contributed by atoms with Gasteiger partial charge in [0.25, 0.3) is 15.9 Å². The van der Waals surface area contributed by atoms with E-state index in [1.54, 1.807) is 12.1 Å². The second-order valence-electron chi connectivity index (χ2n) is 7.72. The van der Waals surface area contributed by atoms with Crippen LogP contribution >= 0.6 is 0 Å². The lowest BCUT2D eigenvalue weighted by molar-refractivity contribution is -0.137. The van der Waals surface area contributed by atoms with E-state index in [0.717, 1.165) is 24.1 Å². The number of halogens is 3. The lowest BCUT2D eigenvalue weighted by Crippen LogP contribution is -2.35. The van der Waals surface area contributed by atoms with E-state index in [0.29, 0.717) is 18.7 Å². The predicted molar refractivity (Wildman–Crippen MR) is 118 cm³/mol. The van der Waals surface area contributed by atoms with Crippen molar-refractivity contribution in [3.05, 3.63) is 95.1 Å². The fourth-order valence-electron chi connectivity index (χ4n) is 3.82. The Balaban J connectivity index is 1.53. The predicted octanol–water partition coefficient (Wildman–Crippen LogP) is 4.78. The molecule has 0 radical (unpaired) electrons. The van der Waals surface area contributed by atoms with Crippen LogP contribution in [0.15, 0.2) is 77.7 Å². The maximum absolute atomic E-state index is 13.3. The molecule has 0 bridgehead atoms. The number of hydrogen-bond acceptors (Lipinski definition) is 3. The second kappa shape index (κ2) is 8.90. The molecule has 5 nitrogen and oxygen atoms in total. The molecule has 3 aromatic rings. The molecule has 0 unspecified atom stereocenters. The van der Waals surface area contributed by atoms with Crippen molar-refractivity contribution in [3.63, 3.8) is 0 Å². The van der Waals surface area contributed by atoms with E-state index in [4.69, 9.17) is 0 Å². The third-order valence-electron chi connectivity index (χ3n) is 5.46. The number of para-hydroxylation sites is 1. The Labute approximate surface area is 189 Å². The summed E-state index contributed by atoms with van der Waals surface area (Å²) in [6, 6.07) is 17.6. The van der Waals surface area contributed by atoms with Gasteiger partial charge in [0.2, 0.25) is 0 Å². The van der Waals surface area contributed by atoms with E-state index < -0.39 is 27.7 Å². The third-order valence-corrected chi connectivity index (χ3v) is 7.27. The quantitative estimate of drug-likeness (QED) is 0.579. The number of carbonyl (C=O) groups is 1. The van der Waals surface area contributed by atoms with Crippen LogP contribution in [-0.4, -0.2) is 20.9 Å². The summed E-state index contributed by atoms with van der Waals surface area (Å²) in [6.07, 6.45) is -3.00. The highest BCUT2D eigenvalue weighted by atomic mass is 32.2. The number of sulfonamides is 1. The zero-order chi connectivity index (χ0) is 23.6. The average molecular weight is 475 g/mol. The van der Waals surface area contributed by atoms with E-state index in [1.165, 1.54) is 40.7 Å². The standard InChI is InChI=1S/C24H21F3N2O3S/c25-24(26,27)20-10-3-6-17(14-20)16-28-23(30)19-8-4-11-21(15-19)33(31,32)29-13-5-9-18-7-1-2-12-22(18)29/h1-4,6-8,10-12,14-15H,5,9,13,16H2,(H,28,30). The molecule has 1 N–H and O–H groups in total. The normalized spacial score (nSPS) is 14.0. The number of alkyl halides is 3. The summed E-state index contributed by atoms with van der Waals surface area (Å²) in [5.74, 6) is -0.580. The Morgan fingerprint density at radius 1 is 0.970 bits per heavy atom. The number of carbonyl (C=O) groups excluding carboxylic acids is 1. The van der Waals surface area contributed by atoms with Crippen molar-refractivity contribution in [2.45, 2.75) is 30.5 Å². The minimum absolute atomic E-state index is 0.0223. The van der Waals surface area contributed by atoms with Gasteiger partial charge in [-0.15, -0.1) is 0 Å². The van der Waals surface area contributed by atoms with E-state index in [-0.39, 0.29) is 22.6 Å². The number of nitrogens with one attached hydrogen (secondary N) is 1. The van der Waals surface area contributed by atoms with Crippen molar-refractivity contribution in [3.8, 4) is 0 Å². The Kier molecular flexibility index (Phi) is 6.16. The van der Waals surface area contributed by atoms with Gasteiger partial charge in [0, 0.05) is 18.7 Å². The van der Waals surface area contributed by atoms with E-state index in [1.807, 2.05) is 12.1 Å². The van der Waals surface area contributed by atoms with Crippen LogP contribution in [0.5, 0.6) is 0 Å². The maximum atomic E-state index is 13.3. The lowest BCUT2D eigenvalue weighted by atomic mass is 10.0. The molecule has 9 heteroatoms. The molecule has 172 valence electrons. The number of nitrogens with zero attached hydrogens (tertiary/aromatic N) is 1. The highest BCUT2D eigenvalue weighted by Crippen LogP contribution is 2.32. The summed E-state index contributed by atoms with van der Waals surface area (Å²) in [5, 5.41) is 2.55. The van der Waals surface area contributed by atoms with Crippen LogP contribution in [0.3, 0.4) is 0 Å². The summed E-state index contributed by atoms with van der Waals surface area (Å²) in [7, 11) is -3.89. The van der Waals surface area contributed by atoms with Crippen molar-refractivity contribution < 1.29 is 26.4 Å². The zero-order valence-electron chi connectivity index (χ0n) is 17.5. The fraction of sp³-hybridized carbons (Fsp3) is 0.208. The number of benzene rings is 3. The molecule has 33 heavy (non-hydrogen) atoms. The van der Waals surface area contributed by atoms with Gasteiger partial charge in [-0.2, -0.15) is 13.2 Å². The van der Waals surface area contributed by atoms with Gasteiger partial charge in [0.05, 0.1) is 16.1 Å². The smallest absolute Gasteiger partial charge is 0.348 e. The first-order valence-electron chi connectivity index (χ1n) is 10.3. The molecular formula is C24H21F3N2O3S. The summed E-state index contributed by atoms with van der Waals surface area (Å²) >= 11 is 0. The highest BCUT2D eigenvalue weighted by Gasteiger charge is 2.31. The molecule has 0 atom stereocenters. The number of rotatable bonds is 5. The SMILES string of the molecule is O=C(NCc1cccc(C(F)(F)F)c1)c1cccc(S(=O)(=O)N2CCCc3ccccc32)c1. The molecule has 1 aliphatic rings. The van der Waals surface area contributed by atoms with Gasteiger partial charge < -0.3 is 5.32 Å². The second-order valence-corrected chi connectivity index (χ2v) is 9.58. The van der Waals surface area contributed by atoms with Crippen LogP contribution in [0, 0.1) is 0 Å². The van der Waals surface area contributed by atoms with Crippen molar-refractivity contribution in [2.75, 3.05) is 10.8 Å². The van der Waals surface area contributed by atoms with Gasteiger partial charge in [0.1, 0.15) is 0 Å². The molecule has 0 saturated carbocycles. The minimum Gasteiger partial charge on any atom is -0.348 e. The van der Waals surface area contributed by atoms with Crippen LogP contribution < -0.4 is 9.62 Å². The summed E-state index contributed by atoms with van der Waals surface area (Å²) < 4.78 is 66.7. The van der Waals surface area contributed by atoms with Crippen LogP contribution in [-0.2, 0) is 29.2 Å². The van der Waals surface area contributed by atoms with Crippen molar-refractivity contribution in [1.82, 2.24) is 5.32 Å². The Morgan fingerprint density at radius 3 is 2.52 bits per heavy atom. The van der Waals surface area contributed by atoms with Crippen LogP contribution in [0.4, 0.5) is 18.9 Å². The van der Waals surface area contributed by atoms with E-state index >= 15 is 0 Å². The molecule has 4 rings (SSSR count). The average Bonchev–Trinajstić information content (AvgIpc) is 2.82. The highest BCUT2D eigenvalue weighted by molar-refractivity contribution is 7.92. The molecule has 0 aliphatic carbocycles. The molecule has 1 aliphatic heterocycles. The summed E-state index contributed by atoms with van der Waals surface area (Å²) in [4.78, 5) is 12.6. The minimum atomic E-state index is -4.48. The summed E-state index contributed by atoms with van der Waals surface area (Å²) in [5.41, 5.74) is 1.16. The zero-order valence-corrected chi connectivity index (χ0v) is 18.3. The van der Waals surface area contributed by atoms with Gasteiger partial charge in [-0.1, -0.05) is 36.4 Å². The van der Waals surface area contributed by atoms with Crippen LogP contribution in [0.1, 0.15) is 33.5 Å². The lowest BCUT2D eigenvalue weighted by Gasteiger charge is -2.30. The van der Waals surface area contributed by atoms with Gasteiger partial charge in [-0.25, -0.2) is 8.42 Å². The Morgan fingerprint density at radius 2 is 1.73 bits per heavy atom. The van der Waals surface area contributed by atoms with Gasteiger partial charge >= 0.3 is 6.18 Å². The van der Waals surface area contributed by atoms with Gasteiger partial charge in [0.15, 0.2) is 0 Å². The Bertz CT molecular complexity index is 1290. The molecular weight excluding hydrogens is 453 g/mol. The third kappa shape index (κ3) is 4.88. The van der Waals surface area contributed by atoms with Crippen LogP contribution in [0.2, 0.25) is 0 Å². The van der Waals surface area contributed by atoms with Crippen molar-refractivity contribution in [1.29, 1.82) is 0 Å². The van der Waals surface area contributed by atoms with Crippen molar-refractivity contribution in [2.24, 2.45) is 0 Å². The monoisotopic (exact) mass is 474 g/mol. The number of hydrogen-bond donors (Lipinski definition) is 1. The van der Waals surface area contributed by atoms with E-state index in [2.05, 4.69) is 5.32 Å². The topological polar surface area (TPSA) is 66.5 Å². The number of fused-ring (bicyclic) bond motifs is 1. The molecule has 0 aromatic heterocycles. The van der Waals surface area contributed by atoms with Gasteiger partial charge in [-0.3, -0.25) is 9.10 Å². The molecule has 0 spiro atoms. The molecule has 1 heterocycles. The summed E-state index contributed by atoms with van der Waals surface area (Å²) in [6.45, 7) is 0.213. The molecule has 3 aromatic carbocycles. The Hall–Kier alpha value is -3.33. The van der Waals surface area contributed by atoms with Crippen LogP contribution in [0.25, 0.3) is 0 Å². The first-order chi connectivity index (χ1) is 15.7. The van der Waals surface area contributed by atoms with Crippen molar-refractivity contribution >= 4 is 21.6 Å². The largest absolute Gasteiger partial charge is 0.416 e. The number of aryl methyl sites for hydroxylation is 1. The number of amides is 1. The molecule has 0 fully saturated rings. The molecule has 0 saturated heterocycles. The number of anilines is 1. The van der Waals surface area contributed by atoms with Gasteiger partial charge in [-0.05, 0) is 60.4 Å². The fourth-order valence-corrected chi connectivity index (χ4v) is 5.40. The molecule has 1 amide bonds. The first kappa shape index (κ1) is 22.8. The first-order valence-corrected chi connectivity index (χ1v) is 11.8.